The first-order valence-electron chi connectivity index (χ1n) is 7.34. The zero-order chi connectivity index (χ0) is 17.3. The first kappa shape index (κ1) is 16.1. The second-order valence-corrected chi connectivity index (χ2v) is 5.53. The van der Waals surface area contributed by atoms with Gasteiger partial charge in [0.2, 0.25) is 0 Å². The maximum Gasteiger partial charge on any atom is 0.416 e. The van der Waals surface area contributed by atoms with Gasteiger partial charge in [0.1, 0.15) is 0 Å². The van der Waals surface area contributed by atoms with E-state index in [0.717, 1.165) is 23.0 Å². The number of Topliss-reactive ketones (excluding diaryl/α,β-unsaturated/α-hetero) is 1. The molecule has 0 spiro atoms. The minimum Gasteiger partial charge on any atom is -0.378 e. The molecular weight excluding hydrogens is 317 g/mol. The van der Waals surface area contributed by atoms with Gasteiger partial charge in [-0.2, -0.15) is 13.2 Å². The number of nitrogens with zero attached hydrogens (tertiary/aromatic N) is 1. The van der Waals surface area contributed by atoms with E-state index in [1.54, 1.807) is 6.20 Å². The molecule has 0 amide bonds. The average molecular weight is 332 g/mol. The molecular formula is C18H15F3N2O. The Kier molecular flexibility index (Phi) is 4.05. The van der Waals surface area contributed by atoms with Crippen LogP contribution in [0.3, 0.4) is 0 Å². The molecule has 1 aromatic heterocycles. The van der Waals surface area contributed by atoms with Crippen LogP contribution in [0.15, 0.2) is 54.7 Å². The van der Waals surface area contributed by atoms with Crippen molar-refractivity contribution in [1.29, 1.82) is 0 Å². The molecule has 0 bridgehead atoms. The van der Waals surface area contributed by atoms with Gasteiger partial charge < -0.3 is 9.88 Å². The second-order valence-electron chi connectivity index (χ2n) is 5.53. The molecule has 0 saturated carbocycles. The van der Waals surface area contributed by atoms with E-state index in [4.69, 9.17) is 0 Å². The molecule has 3 aromatic rings. The fourth-order valence-corrected chi connectivity index (χ4v) is 2.65. The van der Waals surface area contributed by atoms with Crippen molar-refractivity contribution in [3.05, 3.63) is 65.9 Å². The highest BCUT2D eigenvalue weighted by atomic mass is 19.4. The minimum atomic E-state index is -4.41. The molecule has 124 valence electrons. The van der Waals surface area contributed by atoms with Crippen molar-refractivity contribution in [3.8, 4) is 0 Å². The molecule has 2 aromatic carbocycles. The van der Waals surface area contributed by atoms with Crippen LogP contribution in [0.2, 0.25) is 0 Å². The Balaban J connectivity index is 1.78. The molecule has 0 aliphatic heterocycles. The summed E-state index contributed by atoms with van der Waals surface area (Å²) in [6.07, 6.45) is -2.67. The zero-order valence-electron chi connectivity index (χ0n) is 12.9. The Morgan fingerprint density at radius 3 is 2.62 bits per heavy atom. The van der Waals surface area contributed by atoms with Crippen molar-refractivity contribution >= 4 is 22.4 Å². The molecule has 3 rings (SSSR count). The van der Waals surface area contributed by atoms with Crippen LogP contribution >= 0.6 is 0 Å². The van der Waals surface area contributed by atoms with E-state index < -0.39 is 11.7 Å². The Labute approximate surface area is 136 Å². The van der Waals surface area contributed by atoms with E-state index >= 15 is 0 Å². The molecule has 0 fully saturated rings. The van der Waals surface area contributed by atoms with Crippen molar-refractivity contribution < 1.29 is 18.0 Å². The highest BCUT2D eigenvalue weighted by Crippen LogP contribution is 2.30. The van der Waals surface area contributed by atoms with Gasteiger partial charge in [-0.3, -0.25) is 4.79 Å². The number of carbonyl (C=O) groups is 1. The van der Waals surface area contributed by atoms with Gasteiger partial charge in [-0.25, -0.2) is 0 Å². The predicted octanol–water partition coefficient (Wildman–Crippen LogP) is 4.49. The summed E-state index contributed by atoms with van der Waals surface area (Å²) in [7, 11) is 1.85. The van der Waals surface area contributed by atoms with Crippen LogP contribution < -0.4 is 5.32 Å². The first-order valence-corrected chi connectivity index (χ1v) is 7.34. The second kappa shape index (κ2) is 6.03. The van der Waals surface area contributed by atoms with Gasteiger partial charge in [-0.05, 0) is 24.3 Å². The van der Waals surface area contributed by atoms with Gasteiger partial charge in [-0.15, -0.1) is 0 Å². The lowest BCUT2D eigenvalue weighted by atomic mass is 10.1. The molecule has 0 saturated heterocycles. The number of nitrogens with one attached hydrogen (secondary N) is 1. The summed E-state index contributed by atoms with van der Waals surface area (Å²) < 4.78 is 40.0. The number of aromatic nitrogens is 1. The van der Waals surface area contributed by atoms with E-state index in [2.05, 4.69) is 5.32 Å². The number of anilines is 1. The lowest BCUT2D eigenvalue weighted by Crippen LogP contribution is -2.14. The topological polar surface area (TPSA) is 34.0 Å². The van der Waals surface area contributed by atoms with Crippen LogP contribution in [0.25, 0.3) is 10.9 Å². The standard InChI is InChI=1S/C18H15F3N2O/c1-23-11-15(14-7-2-3-8-16(14)23)17(24)10-22-13-6-4-5-12(9-13)18(19,20)21/h2-9,11,22H,10H2,1H3. The summed E-state index contributed by atoms with van der Waals surface area (Å²) in [6.45, 7) is -0.0741. The quantitative estimate of drug-likeness (QED) is 0.714. The maximum atomic E-state index is 12.7. The van der Waals surface area contributed by atoms with E-state index in [1.165, 1.54) is 12.1 Å². The van der Waals surface area contributed by atoms with Gasteiger partial charge in [0, 0.05) is 35.4 Å². The van der Waals surface area contributed by atoms with Crippen molar-refractivity contribution in [2.24, 2.45) is 7.05 Å². The molecule has 6 heteroatoms. The lowest BCUT2D eigenvalue weighted by Gasteiger charge is -2.10. The zero-order valence-corrected chi connectivity index (χ0v) is 12.9. The molecule has 1 N–H and O–H groups in total. The summed E-state index contributed by atoms with van der Waals surface area (Å²) in [5.41, 5.74) is 0.996. The number of para-hydroxylation sites is 1. The lowest BCUT2D eigenvalue weighted by molar-refractivity contribution is -0.137. The normalized spacial score (nSPS) is 11.7. The molecule has 0 radical (unpaired) electrons. The molecule has 0 atom stereocenters. The largest absolute Gasteiger partial charge is 0.416 e. The van der Waals surface area contributed by atoms with Crippen molar-refractivity contribution in [1.82, 2.24) is 4.57 Å². The highest BCUT2D eigenvalue weighted by molar-refractivity contribution is 6.09. The number of hydrogen-bond donors (Lipinski definition) is 1. The Morgan fingerprint density at radius 1 is 1.12 bits per heavy atom. The monoisotopic (exact) mass is 332 g/mol. The average Bonchev–Trinajstić information content (AvgIpc) is 2.90. The third kappa shape index (κ3) is 3.13. The number of fused-ring (bicyclic) bond motifs is 1. The number of hydrogen-bond acceptors (Lipinski definition) is 2. The fraction of sp³-hybridized carbons (Fsp3) is 0.167. The molecule has 3 nitrogen and oxygen atoms in total. The van der Waals surface area contributed by atoms with Crippen molar-refractivity contribution in [2.75, 3.05) is 11.9 Å². The maximum absolute atomic E-state index is 12.7. The van der Waals surface area contributed by atoms with Gasteiger partial charge in [0.25, 0.3) is 0 Å². The third-order valence-electron chi connectivity index (χ3n) is 3.84. The predicted molar refractivity (Wildman–Crippen MR) is 87.2 cm³/mol. The van der Waals surface area contributed by atoms with Crippen LogP contribution in [0, 0.1) is 0 Å². The van der Waals surface area contributed by atoms with Crippen LogP contribution in [0.5, 0.6) is 0 Å². The third-order valence-corrected chi connectivity index (χ3v) is 3.84. The van der Waals surface area contributed by atoms with E-state index in [1.807, 2.05) is 35.9 Å². The van der Waals surface area contributed by atoms with Gasteiger partial charge >= 0.3 is 6.18 Å². The number of benzene rings is 2. The number of halogens is 3. The van der Waals surface area contributed by atoms with Crippen LogP contribution in [-0.4, -0.2) is 16.9 Å². The summed E-state index contributed by atoms with van der Waals surface area (Å²) in [6, 6.07) is 12.3. The highest BCUT2D eigenvalue weighted by Gasteiger charge is 2.30. The summed E-state index contributed by atoms with van der Waals surface area (Å²) in [4.78, 5) is 12.4. The summed E-state index contributed by atoms with van der Waals surface area (Å²) in [5.74, 6) is -0.177. The van der Waals surface area contributed by atoms with E-state index in [0.29, 0.717) is 5.56 Å². The molecule has 0 unspecified atom stereocenters. The van der Waals surface area contributed by atoms with Gasteiger partial charge in [0.15, 0.2) is 5.78 Å². The fourth-order valence-electron chi connectivity index (χ4n) is 2.65. The number of aryl methyl sites for hydroxylation is 1. The van der Waals surface area contributed by atoms with Crippen LogP contribution in [0.1, 0.15) is 15.9 Å². The minimum absolute atomic E-state index is 0.0741. The number of alkyl halides is 3. The van der Waals surface area contributed by atoms with E-state index in [-0.39, 0.29) is 18.0 Å². The Bertz CT molecular complexity index is 897. The van der Waals surface area contributed by atoms with Gasteiger partial charge in [-0.1, -0.05) is 24.3 Å². The SMILES string of the molecule is Cn1cc(C(=O)CNc2cccc(C(F)(F)F)c2)c2ccccc21. The number of carbonyl (C=O) groups excluding carboxylic acids is 1. The smallest absolute Gasteiger partial charge is 0.378 e. The Morgan fingerprint density at radius 2 is 1.88 bits per heavy atom. The van der Waals surface area contributed by atoms with Crippen molar-refractivity contribution in [3.63, 3.8) is 0 Å². The molecule has 0 aliphatic carbocycles. The summed E-state index contributed by atoms with van der Waals surface area (Å²) in [5, 5.41) is 3.60. The Hall–Kier alpha value is -2.76. The van der Waals surface area contributed by atoms with Crippen LogP contribution in [-0.2, 0) is 13.2 Å². The van der Waals surface area contributed by atoms with Gasteiger partial charge in [0.05, 0.1) is 12.1 Å². The molecule has 1 heterocycles. The number of ketones is 1. The van der Waals surface area contributed by atoms with Crippen molar-refractivity contribution in [2.45, 2.75) is 6.18 Å². The van der Waals surface area contributed by atoms with Crippen LogP contribution in [0.4, 0.5) is 18.9 Å². The van der Waals surface area contributed by atoms with E-state index in [9.17, 15) is 18.0 Å². The molecule has 24 heavy (non-hydrogen) atoms. The number of rotatable bonds is 4. The first-order chi connectivity index (χ1) is 11.4. The molecule has 0 aliphatic rings. The summed E-state index contributed by atoms with van der Waals surface area (Å²) >= 11 is 0.